The van der Waals surface area contributed by atoms with Crippen molar-refractivity contribution in [3.63, 3.8) is 0 Å². The number of anilines is 1. The number of hydrogen-bond donors (Lipinski definition) is 1. The Morgan fingerprint density at radius 3 is 2.55 bits per heavy atom. The molecular weight excluding hydrogens is 478 g/mol. The van der Waals surface area contributed by atoms with Gasteiger partial charge in [0.2, 0.25) is 12.7 Å². The van der Waals surface area contributed by atoms with E-state index in [0.717, 1.165) is 59.1 Å². The Hall–Kier alpha value is -4.13. The number of methoxy groups -OCH3 is 1. The van der Waals surface area contributed by atoms with Crippen molar-refractivity contribution in [3.05, 3.63) is 83.6 Å². The summed E-state index contributed by atoms with van der Waals surface area (Å²) in [5.74, 6) is 2.41. The standard InChI is InChI=1S/C31H33N3O4/c1-3-21-5-4-6-25-27(19-32-31(21)25)26(22-7-12-28-29(17-22)38-20-37-28)18-30(35)34-15-13-33(14-16-34)23-8-10-24(36-2)11-9-23/h4-12,17,19,26,32H,3,13-16,18,20H2,1-2H3/t26-/m0/s1. The number of nitrogens with zero attached hydrogens (tertiary/aromatic N) is 2. The number of aryl methyl sites for hydroxylation is 1. The lowest BCUT2D eigenvalue weighted by Crippen LogP contribution is -2.49. The summed E-state index contributed by atoms with van der Waals surface area (Å²) in [4.78, 5) is 21.6. The van der Waals surface area contributed by atoms with Crippen LogP contribution >= 0.6 is 0 Å². The summed E-state index contributed by atoms with van der Waals surface area (Å²) in [5, 5.41) is 1.17. The Kier molecular flexibility index (Phi) is 6.58. The average molecular weight is 512 g/mol. The first-order valence-corrected chi connectivity index (χ1v) is 13.3. The molecule has 2 aliphatic heterocycles. The molecule has 4 aromatic rings. The van der Waals surface area contributed by atoms with Gasteiger partial charge < -0.3 is 29.0 Å². The van der Waals surface area contributed by atoms with Crippen LogP contribution in [0.5, 0.6) is 17.2 Å². The number of H-pyrrole nitrogens is 1. The van der Waals surface area contributed by atoms with Gasteiger partial charge in [-0.05, 0) is 59.5 Å². The van der Waals surface area contributed by atoms with Crippen LogP contribution in [0.15, 0.2) is 66.9 Å². The summed E-state index contributed by atoms with van der Waals surface area (Å²) in [6, 6.07) is 20.6. The van der Waals surface area contributed by atoms with Gasteiger partial charge in [0, 0.05) is 61.3 Å². The number of aromatic nitrogens is 1. The first-order chi connectivity index (χ1) is 18.6. The lowest BCUT2D eigenvalue weighted by Gasteiger charge is -2.36. The fourth-order valence-corrected chi connectivity index (χ4v) is 5.67. The third-order valence-electron chi connectivity index (χ3n) is 7.84. The van der Waals surface area contributed by atoms with Crippen molar-refractivity contribution in [2.75, 3.05) is 45.0 Å². The maximum Gasteiger partial charge on any atom is 0.231 e. The molecule has 0 saturated carbocycles. The molecule has 1 aromatic heterocycles. The monoisotopic (exact) mass is 511 g/mol. The van der Waals surface area contributed by atoms with Gasteiger partial charge in [0.1, 0.15) is 5.75 Å². The topological polar surface area (TPSA) is 67.0 Å². The highest BCUT2D eigenvalue weighted by atomic mass is 16.7. The molecule has 3 heterocycles. The molecule has 0 bridgehead atoms. The number of ether oxygens (including phenoxy) is 3. The zero-order chi connectivity index (χ0) is 26.1. The molecule has 196 valence electrons. The van der Waals surface area contributed by atoms with Gasteiger partial charge >= 0.3 is 0 Å². The molecule has 6 rings (SSSR count). The SMILES string of the molecule is CCc1cccc2c([C@@H](CC(=O)N3CCN(c4ccc(OC)cc4)CC3)c3ccc4c(c3)OCO4)c[nH]c12. The van der Waals surface area contributed by atoms with Crippen LogP contribution in [0.1, 0.15) is 36.0 Å². The predicted octanol–water partition coefficient (Wildman–Crippen LogP) is 5.34. The number of fused-ring (bicyclic) bond motifs is 2. The molecule has 1 amide bonds. The molecule has 7 heteroatoms. The third kappa shape index (κ3) is 4.53. The minimum atomic E-state index is -0.0996. The van der Waals surface area contributed by atoms with Crippen molar-refractivity contribution in [1.82, 2.24) is 9.88 Å². The predicted molar refractivity (Wildman–Crippen MR) is 148 cm³/mol. The van der Waals surface area contributed by atoms with Crippen LogP contribution in [0.3, 0.4) is 0 Å². The van der Waals surface area contributed by atoms with Crippen molar-refractivity contribution in [2.24, 2.45) is 0 Å². The van der Waals surface area contributed by atoms with E-state index in [1.165, 1.54) is 10.9 Å². The van der Waals surface area contributed by atoms with E-state index in [1.807, 2.05) is 29.2 Å². The molecule has 2 aliphatic rings. The number of carbonyl (C=O) groups excluding carboxylic acids is 1. The normalized spacial score (nSPS) is 15.6. The van der Waals surface area contributed by atoms with E-state index < -0.39 is 0 Å². The van der Waals surface area contributed by atoms with Crippen LogP contribution in [-0.2, 0) is 11.2 Å². The number of piperazine rings is 1. The van der Waals surface area contributed by atoms with Gasteiger partial charge in [-0.2, -0.15) is 0 Å². The van der Waals surface area contributed by atoms with Crippen molar-refractivity contribution in [3.8, 4) is 17.2 Å². The molecule has 0 aliphatic carbocycles. The quantitative estimate of drug-likeness (QED) is 0.363. The van der Waals surface area contributed by atoms with E-state index in [0.29, 0.717) is 19.5 Å². The average Bonchev–Trinajstić information content (AvgIpc) is 3.63. The Labute approximate surface area is 222 Å². The summed E-state index contributed by atoms with van der Waals surface area (Å²) in [6.45, 7) is 5.41. The first kappa shape index (κ1) is 24.2. The maximum atomic E-state index is 13.7. The second-order valence-corrected chi connectivity index (χ2v) is 9.87. The number of aromatic amines is 1. The van der Waals surface area contributed by atoms with E-state index in [2.05, 4.69) is 59.4 Å². The molecular formula is C31H33N3O4. The lowest BCUT2D eigenvalue weighted by atomic mass is 9.87. The minimum absolute atomic E-state index is 0.0996. The molecule has 0 spiro atoms. The van der Waals surface area contributed by atoms with Crippen LogP contribution in [0.4, 0.5) is 5.69 Å². The second kappa shape index (κ2) is 10.3. The molecule has 7 nitrogen and oxygen atoms in total. The van der Waals surface area contributed by atoms with Gasteiger partial charge in [-0.3, -0.25) is 4.79 Å². The summed E-state index contributed by atoms with van der Waals surface area (Å²) < 4.78 is 16.5. The molecule has 0 radical (unpaired) electrons. The summed E-state index contributed by atoms with van der Waals surface area (Å²) >= 11 is 0. The van der Waals surface area contributed by atoms with E-state index in [4.69, 9.17) is 14.2 Å². The Morgan fingerprint density at radius 1 is 1.00 bits per heavy atom. The third-order valence-corrected chi connectivity index (χ3v) is 7.84. The minimum Gasteiger partial charge on any atom is -0.497 e. The van der Waals surface area contributed by atoms with Crippen LogP contribution in [-0.4, -0.2) is 55.9 Å². The Balaban J connectivity index is 1.24. The number of para-hydroxylation sites is 1. The summed E-state index contributed by atoms with van der Waals surface area (Å²) in [5.41, 5.74) is 5.78. The van der Waals surface area contributed by atoms with E-state index in [-0.39, 0.29) is 18.6 Å². The van der Waals surface area contributed by atoms with Crippen LogP contribution < -0.4 is 19.1 Å². The van der Waals surface area contributed by atoms with Gasteiger partial charge in [-0.1, -0.05) is 31.2 Å². The Morgan fingerprint density at radius 2 is 1.79 bits per heavy atom. The second-order valence-electron chi connectivity index (χ2n) is 9.87. The van der Waals surface area contributed by atoms with Gasteiger partial charge in [0.15, 0.2) is 11.5 Å². The number of hydrogen-bond acceptors (Lipinski definition) is 5. The fourth-order valence-electron chi connectivity index (χ4n) is 5.67. The van der Waals surface area contributed by atoms with Gasteiger partial charge in [0.25, 0.3) is 0 Å². The summed E-state index contributed by atoms with van der Waals surface area (Å²) in [6.07, 6.45) is 3.42. The lowest BCUT2D eigenvalue weighted by molar-refractivity contribution is -0.131. The molecule has 1 N–H and O–H groups in total. The Bertz CT molecular complexity index is 1440. The maximum absolute atomic E-state index is 13.7. The van der Waals surface area contributed by atoms with Crippen molar-refractivity contribution in [1.29, 1.82) is 0 Å². The highest BCUT2D eigenvalue weighted by molar-refractivity contribution is 5.88. The van der Waals surface area contributed by atoms with Crippen molar-refractivity contribution in [2.45, 2.75) is 25.7 Å². The first-order valence-electron chi connectivity index (χ1n) is 13.3. The molecule has 0 unspecified atom stereocenters. The van der Waals surface area contributed by atoms with E-state index in [9.17, 15) is 4.79 Å². The molecule has 1 saturated heterocycles. The van der Waals surface area contributed by atoms with Crippen LogP contribution in [0.2, 0.25) is 0 Å². The van der Waals surface area contributed by atoms with Crippen LogP contribution in [0, 0.1) is 0 Å². The van der Waals surface area contributed by atoms with Crippen molar-refractivity contribution >= 4 is 22.5 Å². The van der Waals surface area contributed by atoms with E-state index >= 15 is 0 Å². The fraction of sp³-hybridized carbons (Fsp3) is 0.323. The van der Waals surface area contributed by atoms with E-state index in [1.54, 1.807) is 7.11 Å². The van der Waals surface area contributed by atoms with Gasteiger partial charge in [-0.25, -0.2) is 0 Å². The number of amides is 1. The van der Waals surface area contributed by atoms with Crippen LogP contribution in [0.25, 0.3) is 10.9 Å². The smallest absolute Gasteiger partial charge is 0.231 e. The zero-order valence-electron chi connectivity index (χ0n) is 21.9. The molecule has 1 fully saturated rings. The molecule has 3 aromatic carbocycles. The van der Waals surface area contributed by atoms with Gasteiger partial charge in [0.05, 0.1) is 7.11 Å². The summed E-state index contributed by atoms with van der Waals surface area (Å²) in [7, 11) is 1.68. The molecule has 1 atom stereocenters. The largest absolute Gasteiger partial charge is 0.497 e. The number of carbonyl (C=O) groups is 1. The zero-order valence-corrected chi connectivity index (χ0v) is 21.9. The number of rotatable bonds is 7. The number of nitrogens with one attached hydrogen (secondary N) is 1. The highest BCUT2D eigenvalue weighted by Gasteiger charge is 2.28. The van der Waals surface area contributed by atoms with Gasteiger partial charge in [-0.15, -0.1) is 0 Å². The van der Waals surface area contributed by atoms with Crippen molar-refractivity contribution < 1.29 is 19.0 Å². The highest BCUT2D eigenvalue weighted by Crippen LogP contribution is 2.40. The molecule has 38 heavy (non-hydrogen) atoms. The number of benzene rings is 3.